The van der Waals surface area contributed by atoms with Gasteiger partial charge in [0.2, 0.25) is 5.91 Å². The number of nitrogens with zero attached hydrogens (tertiary/aromatic N) is 1. The summed E-state index contributed by atoms with van der Waals surface area (Å²) in [6.45, 7) is 0.446. The van der Waals surface area contributed by atoms with Crippen LogP contribution in [0, 0.1) is 17.3 Å². The molecule has 0 radical (unpaired) electrons. The van der Waals surface area contributed by atoms with Crippen LogP contribution < -0.4 is 15.6 Å². The van der Waals surface area contributed by atoms with Crippen LogP contribution in [0.1, 0.15) is 50.5 Å². The molecule has 0 aliphatic heterocycles. The van der Waals surface area contributed by atoms with Crippen LogP contribution >= 0.6 is 11.6 Å². The number of rotatable bonds is 6. The molecule has 2 atom stereocenters. The van der Waals surface area contributed by atoms with Crippen LogP contribution in [0.2, 0.25) is 0 Å². The Bertz CT molecular complexity index is 1330. The van der Waals surface area contributed by atoms with E-state index in [1.54, 1.807) is 17.7 Å². The van der Waals surface area contributed by atoms with E-state index < -0.39 is 0 Å². The standard InChI is InChI=1S/C29H31ClN2O3/c1-35-22-7-5-19(6-8-22)17-32-25-4-2-3-24(23(25)9-10-27(32)34)31-26(33)16-28-12-20-11-21(13-28)15-29(30,14-20)18-28/h2-10,20-21H,11-18H2,1H3,(H,31,33). The molecule has 6 heteroatoms. The Labute approximate surface area is 210 Å². The number of carbonyl (C=O) groups excluding carboxylic acids is 1. The number of aromatic nitrogens is 1. The lowest BCUT2D eigenvalue weighted by molar-refractivity contribution is -0.123. The minimum absolute atomic E-state index is 0.0387. The molecule has 4 bridgehead atoms. The molecule has 4 fully saturated rings. The summed E-state index contributed by atoms with van der Waals surface area (Å²) < 4.78 is 7.00. The molecule has 2 unspecified atom stereocenters. The van der Waals surface area contributed by atoms with E-state index in [0.29, 0.717) is 24.8 Å². The second kappa shape index (κ2) is 8.41. The molecule has 182 valence electrons. The highest BCUT2D eigenvalue weighted by molar-refractivity contribution is 6.24. The molecule has 1 amide bonds. The summed E-state index contributed by atoms with van der Waals surface area (Å²) in [5.41, 5.74) is 2.53. The van der Waals surface area contributed by atoms with Gasteiger partial charge in [0.05, 0.1) is 24.9 Å². The number of ether oxygens (including phenoxy) is 1. The minimum atomic E-state index is -0.0959. The fourth-order valence-corrected chi connectivity index (χ4v) is 8.31. The van der Waals surface area contributed by atoms with Crippen molar-refractivity contribution in [3.05, 3.63) is 70.5 Å². The number of alkyl halides is 1. The average Bonchev–Trinajstić information content (AvgIpc) is 2.79. The quantitative estimate of drug-likeness (QED) is 0.433. The number of methoxy groups -OCH3 is 1. The van der Waals surface area contributed by atoms with Gasteiger partial charge in [-0.1, -0.05) is 18.2 Å². The summed E-state index contributed by atoms with van der Waals surface area (Å²) in [6.07, 6.45) is 7.25. The Hall–Kier alpha value is -2.79. The number of halogens is 1. The van der Waals surface area contributed by atoms with Gasteiger partial charge in [0.25, 0.3) is 5.56 Å². The molecular weight excluding hydrogens is 460 g/mol. The third-order valence-electron chi connectivity index (χ3n) is 8.45. The lowest BCUT2D eigenvalue weighted by Gasteiger charge is -2.60. The number of nitrogens with one attached hydrogen (secondary N) is 1. The van der Waals surface area contributed by atoms with E-state index in [2.05, 4.69) is 5.32 Å². The summed E-state index contributed by atoms with van der Waals surface area (Å²) >= 11 is 6.99. The fraction of sp³-hybridized carbons (Fsp3) is 0.448. The van der Waals surface area contributed by atoms with Crippen molar-refractivity contribution in [3.63, 3.8) is 0 Å². The molecule has 4 saturated carbocycles. The van der Waals surface area contributed by atoms with Crippen molar-refractivity contribution in [2.75, 3.05) is 12.4 Å². The van der Waals surface area contributed by atoms with Crippen molar-refractivity contribution in [3.8, 4) is 5.75 Å². The Morgan fingerprint density at radius 1 is 1.06 bits per heavy atom. The second-order valence-electron chi connectivity index (χ2n) is 11.2. The van der Waals surface area contributed by atoms with Crippen molar-refractivity contribution in [1.29, 1.82) is 0 Å². The van der Waals surface area contributed by atoms with Gasteiger partial charge >= 0.3 is 0 Å². The highest BCUT2D eigenvalue weighted by Gasteiger charge is 2.57. The summed E-state index contributed by atoms with van der Waals surface area (Å²) in [4.78, 5) is 26.0. The van der Waals surface area contributed by atoms with Gasteiger partial charge in [0.1, 0.15) is 5.75 Å². The first-order chi connectivity index (χ1) is 16.8. The number of hydrogen-bond acceptors (Lipinski definition) is 3. The maximum Gasteiger partial charge on any atom is 0.251 e. The third kappa shape index (κ3) is 4.24. The first-order valence-electron chi connectivity index (χ1n) is 12.6. The molecule has 3 aromatic rings. The molecular formula is C29H31ClN2O3. The lowest BCUT2D eigenvalue weighted by Crippen LogP contribution is -2.53. The smallest absolute Gasteiger partial charge is 0.251 e. The number of anilines is 1. The van der Waals surface area contributed by atoms with E-state index in [9.17, 15) is 9.59 Å². The van der Waals surface area contributed by atoms with Gasteiger partial charge in [-0.3, -0.25) is 9.59 Å². The van der Waals surface area contributed by atoms with Crippen LogP contribution in [0.4, 0.5) is 5.69 Å². The summed E-state index contributed by atoms with van der Waals surface area (Å²) in [6, 6.07) is 16.9. The Morgan fingerprint density at radius 2 is 1.80 bits per heavy atom. The van der Waals surface area contributed by atoms with Crippen molar-refractivity contribution in [2.24, 2.45) is 17.3 Å². The summed E-state index contributed by atoms with van der Waals surface area (Å²) in [5, 5.41) is 4.05. The van der Waals surface area contributed by atoms with Gasteiger partial charge in [-0.25, -0.2) is 0 Å². The predicted molar refractivity (Wildman–Crippen MR) is 139 cm³/mol. The molecule has 5 nitrogen and oxygen atoms in total. The SMILES string of the molecule is COc1ccc(Cn2c(=O)ccc3c(NC(=O)CC45CC6CC(CC(Cl)(C6)C4)C5)cccc32)cc1. The van der Waals surface area contributed by atoms with Crippen LogP contribution in [0.25, 0.3) is 10.9 Å². The van der Waals surface area contributed by atoms with Gasteiger partial charge in [-0.15, -0.1) is 11.6 Å². The first kappa shape index (κ1) is 22.7. The zero-order valence-corrected chi connectivity index (χ0v) is 20.8. The normalized spacial score (nSPS) is 28.9. The Morgan fingerprint density at radius 3 is 2.49 bits per heavy atom. The molecule has 1 N–H and O–H groups in total. The van der Waals surface area contributed by atoms with Gasteiger partial charge in [0.15, 0.2) is 0 Å². The number of benzene rings is 2. The van der Waals surface area contributed by atoms with Crippen LogP contribution in [-0.4, -0.2) is 22.5 Å². The van der Waals surface area contributed by atoms with Crippen molar-refractivity contribution < 1.29 is 9.53 Å². The van der Waals surface area contributed by atoms with Gasteiger partial charge in [-0.05, 0) is 91.7 Å². The predicted octanol–water partition coefficient (Wildman–Crippen LogP) is 5.96. The first-order valence-corrected chi connectivity index (χ1v) is 13.0. The van der Waals surface area contributed by atoms with Crippen molar-refractivity contribution in [1.82, 2.24) is 4.57 Å². The number of amides is 1. The Balaban J connectivity index is 1.25. The molecule has 0 spiro atoms. The molecule has 2 aromatic carbocycles. The van der Waals surface area contributed by atoms with Crippen molar-refractivity contribution in [2.45, 2.75) is 56.4 Å². The fourth-order valence-electron chi connectivity index (χ4n) is 7.59. The zero-order valence-electron chi connectivity index (χ0n) is 20.1. The molecule has 4 aliphatic carbocycles. The molecule has 1 heterocycles. The maximum atomic E-state index is 13.3. The van der Waals surface area contributed by atoms with E-state index in [4.69, 9.17) is 16.3 Å². The van der Waals surface area contributed by atoms with Crippen LogP contribution in [0.15, 0.2) is 59.4 Å². The van der Waals surface area contributed by atoms with Crippen molar-refractivity contribution >= 4 is 34.1 Å². The lowest BCUT2D eigenvalue weighted by atomic mass is 9.48. The molecule has 7 rings (SSSR count). The molecule has 35 heavy (non-hydrogen) atoms. The third-order valence-corrected chi connectivity index (χ3v) is 8.89. The number of hydrogen-bond donors (Lipinski definition) is 1. The summed E-state index contributed by atoms with van der Waals surface area (Å²) in [7, 11) is 1.64. The largest absolute Gasteiger partial charge is 0.497 e. The number of fused-ring (bicyclic) bond motifs is 1. The van der Waals surface area contributed by atoms with E-state index in [-0.39, 0.29) is 21.8 Å². The average molecular weight is 491 g/mol. The van der Waals surface area contributed by atoms with E-state index in [0.717, 1.165) is 60.0 Å². The zero-order chi connectivity index (χ0) is 24.2. The van der Waals surface area contributed by atoms with Gasteiger partial charge in [-0.2, -0.15) is 0 Å². The maximum absolute atomic E-state index is 13.3. The molecule has 4 aliphatic rings. The van der Waals surface area contributed by atoms with E-state index in [1.807, 2.05) is 48.5 Å². The van der Waals surface area contributed by atoms with Gasteiger partial charge in [0, 0.05) is 22.7 Å². The van der Waals surface area contributed by atoms with Crippen LogP contribution in [0.5, 0.6) is 5.75 Å². The second-order valence-corrected chi connectivity index (χ2v) is 12.0. The Kier molecular flexibility index (Phi) is 5.44. The van der Waals surface area contributed by atoms with Crippen LogP contribution in [0.3, 0.4) is 0 Å². The van der Waals surface area contributed by atoms with Gasteiger partial charge < -0.3 is 14.6 Å². The topological polar surface area (TPSA) is 60.3 Å². The van der Waals surface area contributed by atoms with Crippen LogP contribution in [-0.2, 0) is 11.3 Å². The van der Waals surface area contributed by atoms with E-state index >= 15 is 0 Å². The monoisotopic (exact) mass is 490 g/mol. The highest BCUT2D eigenvalue weighted by atomic mass is 35.5. The number of pyridine rings is 1. The van der Waals surface area contributed by atoms with E-state index in [1.165, 1.54) is 6.42 Å². The number of carbonyl (C=O) groups is 1. The molecule has 1 aromatic heterocycles. The highest BCUT2D eigenvalue weighted by Crippen LogP contribution is 2.64. The summed E-state index contributed by atoms with van der Waals surface area (Å²) in [5.74, 6) is 2.17. The minimum Gasteiger partial charge on any atom is -0.497 e. The molecule has 0 saturated heterocycles.